The van der Waals surface area contributed by atoms with Crippen molar-refractivity contribution in [2.24, 2.45) is 5.92 Å². The second-order valence-corrected chi connectivity index (χ2v) is 5.66. The van der Waals surface area contributed by atoms with Gasteiger partial charge < -0.3 is 5.32 Å². The number of carbonyl (C=O) groups excluding carboxylic acids is 1. The molecule has 1 amide bonds. The van der Waals surface area contributed by atoms with Gasteiger partial charge >= 0.3 is 0 Å². The zero-order valence-electron chi connectivity index (χ0n) is 12.5. The molecule has 1 aromatic carbocycles. The molecule has 122 valence electrons. The lowest BCUT2D eigenvalue weighted by Gasteiger charge is -2.20. The van der Waals surface area contributed by atoms with E-state index in [-0.39, 0.29) is 18.4 Å². The van der Waals surface area contributed by atoms with Crippen molar-refractivity contribution in [3.8, 4) is 5.69 Å². The molecule has 1 aliphatic carbocycles. The predicted octanol–water partition coefficient (Wildman–Crippen LogP) is 2.14. The van der Waals surface area contributed by atoms with Gasteiger partial charge in [0.2, 0.25) is 5.91 Å². The maximum atomic E-state index is 13.3. The smallest absolute Gasteiger partial charge is 0.223 e. The minimum absolute atomic E-state index is 0.00969. The van der Waals surface area contributed by atoms with Crippen molar-refractivity contribution in [3.63, 3.8) is 0 Å². The van der Waals surface area contributed by atoms with E-state index in [1.807, 2.05) is 0 Å². The second kappa shape index (κ2) is 6.80. The molecule has 0 bridgehead atoms. The summed E-state index contributed by atoms with van der Waals surface area (Å²) in [6.07, 6.45) is 5.13. The highest BCUT2D eigenvalue weighted by Crippen LogP contribution is 2.23. The zero-order chi connectivity index (χ0) is 16.2. The Kier molecular flexibility index (Phi) is 4.59. The van der Waals surface area contributed by atoms with Gasteiger partial charge in [0.25, 0.3) is 0 Å². The van der Waals surface area contributed by atoms with E-state index in [1.165, 1.54) is 17.2 Å². The van der Waals surface area contributed by atoms with E-state index in [0.717, 1.165) is 37.8 Å². The molecule has 0 aliphatic heterocycles. The van der Waals surface area contributed by atoms with Crippen LogP contribution in [0.1, 0.15) is 37.9 Å². The van der Waals surface area contributed by atoms with E-state index in [9.17, 15) is 13.6 Å². The maximum absolute atomic E-state index is 13.3. The largest absolute Gasteiger partial charge is 0.348 e. The van der Waals surface area contributed by atoms with Gasteiger partial charge in [-0.25, -0.2) is 8.78 Å². The first-order valence-corrected chi connectivity index (χ1v) is 7.65. The molecule has 0 unspecified atom stereocenters. The Morgan fingerprint density at radius 1 is 1.22 bits per heavy atom. The van der Waals surface area contributed by atoms with Crippen LogP contribution < -0.4 is 5.32 Å². The van der Waals surface area contributed by atoms with Gasteiger partial charge in [-0.15, -0.1) is 5.10 Å². The summed E-state index contributed by atoms with van der Waals surface area (Å²) in [5, 5.41) is 14.0. The van der Waals surface area contributed by atoms with Crippen molar-refractivity contribution in [3.05, 3.63) is 35.7 Å². The molecule has 8 heteroatoms. The summed E-state index contributed by atoms with van der Waals surface area (Å²) in [6.45, 7) is 0.140. The van der Waals surface area contributed by atoms with Gasteiger partial charge in [-0.2, -0.15) is 4.68 Å². The van der Waals surface area contributed by atoms with Crippen molar-refractivity contribution >= 4 is 5.91 Å². The first-order valence-electron chi connectivity index (χ1n) is 7.65. The van der Waals surface area contributed by atoms with E-state index >= 15 is 0 Å². The molecule has 2 aromatic rings. The average Bonchev–Trinajstić information content (AvgIpc) is 3.04. The van der Waals surface area contributed by atoms with Crippen molar-refractivity contribution in [1.82, 2.24) is 25.5 Å². The van der Waals surface area contributed by atoms with Crippen LogP contribution >= 0.6 is 0 Å². The molecule has 3 rings (SSSR count). The molecule has 1 heterocycles. The number of halogens is 2. The summed E-state index contributed by atoms with van der Waals surface area (Å²) in [5.41, 5.74) is 0.302. The van der Waals surface area contributed by atoms with Crippen LogP contribution in [0.4, 0.5) is 8.78 Å². The van der Waals surface area contributed by atoms with Crippen molar-refractivity contribution < 1.29 is 13.6 Å². The molecule has 0 atom stereocenters. The third-order valence-electron chi connectivity index (χ3n) is 4.08. The maximum Gasteiger partial charge on any atom is 0.223 e. The fourth-order valence-corrected chi connectivity index (χ4v) is 2.81. The molecule has 0 radical (unpaired) electrons. The summed E-state index contributed by atoms with van der Waals surface area (Å²) in [7, 11) is 0. The number of nitrogens with zero attached hydrogens (tertiary/aromatic N) is 4. The van der Waals surface area contributed by atoms with E-state index in [4.69, 9.17) is 0 Å². The van der Waals surface area contributed by atoms with Crippen LogP contribution in [0.2, 0.25) is 0 Å². The highest BCUT2D eigenvalue weighted by Gasteiger charge is 2.21. The normalized spacial score (nSPS) is 15.6. The van der Waals surface area contributed by atoms with Gasteiger partial charge in [-0.1, -0.05) is 19.3 Å². The van der Waals surface area contributed by atoms with Crippen LogP contribution in [0.5, 0.6) is 0 Å². The Morgan fingerprint density at radius 2 is 2.00 bits per heavy atom. The molecule has 1 fully saturated rings. The molecule has 23 heavy (non-hydrogen) atoms. The third-order valence-corrected chi connectivity index (χ3v) is 4.08. The molecule has 0 spiro atoms. The summed E-state index contributed by atoms with van der Waals surface area (Å²) < 4.78 is 27.6. The van der Waals surface area contributed by atoms with Gasteiger partial charge in [0.05, 0.1) is 12.2 Å². The Labute approximate surface area is 131 Å². The van der Waals surface area contributed by atoms with Gasteiger partial charge in [-0.05, 0) is 35.4 Å². The first-order chi connectivity index (χ1) is 11.1. The van der Waals surface area contributed by atoms with Crippen molar-refractivity contribution in [1.29, 1.82) is 0 Å². The van der Waals surface area contributed by atoms with Crippen LogP contribution in [0, 0.1) is 17.6 Å². The highest BCUT2D eigenvalue weighted by atomic mass is 19.2. The second-order valence-electron chi connectivity index (χ2n) is 5.66. The SMILES string of the molecule is O=C(NCc1nnnn1-c1ccc(F)c(F)c1)C1CCCCC1. The topological polar surface area (TPSA) is 72.7 Å². The summed E-state index contributed by atoms with van der Waals surface area (Å²) in [4.78, 5) is 12.1. The number of hydrogen-bond donors (Lipinski definition) is 1. The monoisotopic (exact) mass is 321 g/mol. The molecular weight excluding hydrogens is 304 g/mol. The summed E-state index contributed by atoms with van der Waals surface area (Å²) in [5.74, 6) is -1.52. The third kappa shape index (κ3) is 3.52. The molecular formula is C15H17F2N5O. The first kappa shape index (κ1) is 15.5. The zero-order valence-corrected chi connectivity index (χ0v) is 12.5. The van der Waals surface area contributed by atoms with Crippen LogP contribution in [0.3, 0.4) is 0 Å². The summed E-state index contributed by atoms with van der Waals surface area (Å²) in [6, 6.07) is 3.40. The van der Waals surface area contributed by atoms with Crippen molar-refractivity contribution in [2.45, 2.75) is 38.6 Å². The lowest BCUT2D eigenvalue weighted by Crippen LogP contribution is -2.32. The number of nitrogens with one attached hydrogen (secondary N) is 1. The van der Waals surface area contributed by atoms with Crippen LogP contribution in [0.25, 0.3) is 5.69 Å². The predicted molar refractivity (Wildman–Crippen MR) is 77.5 cm³/mol. The fraction of sp³-hybridized carbons (Fsp3) is 0.467. The Balaban J connectivity index is 1.68. The number of tetrazole rings is 1. The Bertz CT molecular complexity index is 697. The fourth-order valence-electron chi connectivity index (χ4n) is 2.81. The molecule has 6 nitrogen and oxygen atoms in total. The highest BCUT2D eigenvalue weighted by molar-refractivity contribution is 5.78. The minimum Gasteiger partial charge on any atom is -0.348 e. The quantitative estimate of drug-likeness (QED) is 0.936. The van der Waals surface area contributed by atoms with Gasteiger partial charge in [0.15, 0.2) is 17.5 Å². The van der Waals surface area contributed by atoms with Crippen LogP contribution in [-0.2, 0) is 11.3 Å². The minimum atomic E-state index is -0.977. The van der Waals surface area contributed by atoms with E-state index < -0.39 is 11.6 Å². The van der Waals surface area contributed by atoms with E-state index in [1.54, 1.807) is 0 Å². The molecule has 1 aliphatic rings. The number of hydrogen-bond acceptors (Lipinski definition) is 4. The molecule has 1 aromatic heterocycles. The van der Waals surface area contributed by atoms with Gasteiger partial charge in [0, 0.05) is 12.0 Å². The summed E-state index contributed by atoms with van der Waals surface area (Å²) >= 11 is 0. The lowest BCUT2D eigenvalue weighted by molar-refractivity contribution is -0.126. The number of aromatic nitrogens is 4. The van der Waals surface area contributed by atoms with Crippen LogP contribution in [-0.4, -0.2) is 26.1 Å². The van der Waals surface area contributed by atoms with Crippen molar-refractivity contribution in [2.75, 3.05) is 0 Å². The molecule has 1 N–H and O–H groups in total. The Morgan fingerprint density at radius 3 is 2.74 bits per heavy atom. The Hall–Kier alpha value is -2.38. The van der Waals surface area contributed by atoms with Crippen LogP contribution in [0.15, 0.2) is 18.2 Å². The number of carbonyl (C=O) groups is 1. The van der Waals surface area contributed by atoms with E-state index in [2.05, 4.69) is 20.8 Å². The molecule has 1 saturated carbocycles. The lowest BCUT2D eigenvalue weighted by atomic mass is 9.89. The molecule has 0 saturated heterocycles. The van der Waals surface area contributed by atoms with Gasteiger partial charge in [-0.3, -0.25) is 4.79 Å². The average molecular weight is 321 g/mol. The number of benzene rings is 1. The van der Waals surface area contributed by atoms with E-state index in [0.29, 0.717) is 11.5 Å². The standard InChI is InChI=1S/C15H17F2N5O/c16-12-7-6-11(8-13(12)17)22-14(19-20-21-22)9-18-15(23)10-4-2-1-3-5-10/h6-8,10H,1-5,9H2,(H,18,23). The number of amides is 1. The number of rotatable bonds is 4. The van der Waals surface area contributed by atoms with Gasteiger partial charge in [0.1, 0.15) is 0 Å².